The molecule has 1 fully saturated rings. The lowest BCUT2D eigenvalue weighted by Gasteiger charge is -2.20. The second-order valence-electron chi connectivity index (χ2n) is 5.49. The fourth-order valence-corrected chi connectivity index (χ4v) is 2.78. The van der Waals surface area contributed by atoms with Gasteiger partial charge in [-0.3, -0.25) is 4.90 Å². The van der Waals surface area contributed by atoms with Crippen LogP contribution in [0.1, 0.15) is 17.9 Å². The summed E-state index contributed by atoms with van der Waals surface area (Å²) in [6.45, 7) is 2.70. The van der Waals surface area contributed by atoms with Crippen LogP contribution in [-0.4, -0.2) is 40.4 Å². The molecule has 21 heavy (non-hydrogen) atoms. The Labute approximate surface area is 123 Å². The minimum absolute atomic E-state index is 0.0249. The number of benzene rings is 1. The Bertz CT molecular complexity index is 600. The smallest absolute Gasteiger partial charge is 0.226 e. The van der Waals surface area contributed by atoms with E-state index in [0.29, 0.717) is 25.4 Å². The fourth-order valence-electron chi connectivity index (χ4n) is 2.78. The molecule has 1 N–H and O–H groups in total. The zero-order valence-corrected chi connectivity index (χ0v) is 12.0. The SMILES string of the molecule is Cc1oc(-c2ccccc2)nc1CN1C[C@@H](F)C[C@H]1CO. The first-order chi connectivity index (χ1) is 10.2. The molecule has 112 valence electrons. The monoisotopic (exact) mass is 290 g/mol. The maximum absolute atomic E-state index is 13.5. The number of aliphatic hydroxyl groups excluding tert-OH is 1. The summed E-state index contributed by atoms with van der Waals surface area (Å²) in [6.07, 6.45) is -0.484. The third-order valence-electron chi connectivity index (χ3n) is 3.95. The van der Waals surface area contributed by atoms with Crippen LogP contribution in [0, 0.1) is 6.92 Å². The zero-order valence-electron chi connectivity index (χ0n) is 12.0. The third kappa shape index (κ3) is 2.99. The Kier molecular flexibility index (Phi) is 4.03. The van der Waals surface area contributed by atoms with E-state index in [0.717, 1.165) is 17.0 Å². The highest BCUT2D eigenvalue weighted by atomic mass is 19.1. The van der Waals surface area contributed by atoms with Crippen molar-refractivity contribution >= 4 is 0 Å². The molecule has 1 aromatic carbocycles. The Morgan fingerprint density at radius 1 is 1.38 bits per heavy atom. The van der Waals surface area contributed by atoms with Crippen molar-refractivity contribution in [3.8, 4) is 11.5 Å². The van der Waals surface area contributed by atoms with Crippen molar-refractivity contribution in [2.45, 2.75) is 32.1 Å². The van der Waals surface area contributed by atoms with Crippen LogP contribution in [0.2, 0.25) is 0 Å². The fraction of sp³-hybridized carbons (Fsp3) is 0.438. The molecule has 2 heterocycles. The van der Waals surface area contributed by atoms with Gasteiger partial charge >= 0.3 is 0 Å². The van der Waals surface area contributed by atoms with E-state index in [-0.39, 0.29) is 12.6 Å². The average molecular weight is 290 g/mol. The van der Waals surface area contributed by atoms with E-state index in [2.05, 4.69) is 4.98 Å². The van der Waals surface area contributed by atoms with E-state index in [1.165, 1.54) is 0 Å². The molecule has 1 aliphatic rings. The predicted octanol–water partition coefficient (Wildman–Crippen LogP) is 2.55. The Hall–Kier alpha value is -1.72. The van der Waals surface area contributed by atoms with Gasteiger partial charge in [0.05, 0.1) is 12.3 Å². The lowest BCUT2D eigenvalue weighted by Crippen LogP contribution is -2.32. The topological polar surface area (TPSA) is 49.5 Å². The molecule has 5 heteroatoms. The number of rotatable bonds is 4. The highest BCUT2D eigenvalue weighted by molar-refractivity contribution is 5.53. The normalized spacial score (nSPS) is 22.8. The summed E-state index contributed by atoms with van der Waals surface area (Å²) < 4.78 is 19.2. The number of aliphatic hydroxyl groups is 1. The second kappa shape index (κ2) is 5.95. The van der Waals surface area contributed by atoms with Crippen LogP contribution in [0.3, 0.4) is 0 Å². The van der Waals surface area contributed by atoms with Crippen LogP contribution >= 0.6 is 0 Å². The molecule has 0 bridgehead atoms. The van der Waals surface area contributed by atoms with E-state index in [4.69, 9.17) is 4.42 Å². The number of alkyl halides is 1. The van der Waals surface area contributed by atoms with Gasteiger partial charge in [-0.2, -0.15) is 0 Å². The Balaban J connectivity index is 1.79. The van der Waals surface area contributed by atoms with E-state index in [9.17, 15) is 9.50 Å². The first kappa shape index (κ1) is 14.2. The second-order valence-corrected chi connectivity index (χ2v) is 5.49. The van der Waals surface area contributed by atoms with E-state index in [1.807, 2.05) is 42.2 Å². The van der Waals surface area contributed by atoms with Crippen LogP contribution < -0.4 is 0 Å². The zero-order chi connectivity index (χ0) is 14.8. The summed E-state index contributed by atoms with van der Waals surface area (Å²) in [7, 11) is 0. The molecule has 0 radical (unpaired) electrons. The van der Waals surface area contributed by atoms with Crippen molar-refractivity contribution in [1.29, 1.82) is 0 Å². The highest BCUT2D eigenvalue weighted by Crippen LogP contribution is 2.26. The molecular formula is C16H19FN2O2. The van der Waals surface area contributed by atoms with Crippen molar-refractivity contribution in [3.63, 3.8) is 0 Å². The summed E-state index contributed by atoms with van der Waals surface area (Å²) in [6, 6.07) is 9.57. The molecule has 3 rings (SSSR count). The summed E-state index contributed by atoms with van der Waals surface area (Å²) in [4.78, 5) is 6.46. The number of halogens is 1. The predicted molar refractivity (Wildman–Crippen MR) is 77.5 cm³/mol. The average Bonchev–Trinajstić information content (AvgIpc) is 3.03. The van der Waals surface area contributed by atoms with Gasteiger partial charge in [0, 0.05) is 24.7 Å². The van der Waals surface area contributed by atoms with Gasteiger partial charge in [0.1, 0.15) is 11.9 Å². The maximum Gasteiger partial charge on any atom is 0.226 e. The minimum Gasteiger partial charge on any atom is -0.441 e. The summed E-state index contributed by atoms with van der Waals surface area (Å²) in [5.41, 5.74) is 1.73. The molecule has 1 aromatic heterocycles. The van der Waals surface area contributed by atoms with Gasteiger partial charge < -0.3 is 9.52 Å². The number of oxazole rings is 1. The van der Waals surface area contributed by atoms with Crippen LogP contribution in [0.4, 0.5) is 4.39 Å². The van der Waals surface area contributed by atoms with E-state index in [1.54, 1.807) is 0 Å². The number of likely N-dealkylation sites (tertiary alicyclic amines) is 1. The standard InChI is InChI=1S/C16H19FN2O2/c1-11-15(9-19-8-13(17)7-14(19)10-20)18-16(21-11)12-5-3-2-4-6-12/h2-6,13-14,20H,7-10H2,1H3/t13-,14-/m0/s1. The largest absolute Gasteiger partial charge is 0.441 e. The summed E-state index contributed by atoms with van der Waals surface area (Å²) in [5.74, 6) is 1.33. The Morgan fingerprint density at radius 2 is 2.14 bits per heavy atom. The number of aromatic nitrogens is 1. The molecule has 1 aliphatic heterocycles. The molecule has 2 aromatic rings. The first-order valence-corrected chi connectivity index (χ1v) is 7.18. The maximum atomic E-state index is 13.5. The van der Waals surface area contributed by atoms with Gasteiger partial charge in [0.2, 0.25) is 5.89 Å². The number of aryl methyl sites for hydroxylation is 1. The summed E-state index contributed by atoms with van der Waals surface area (Å²) >= 11 is 0. The van der Waals surface area contributed by atoms with Gasteiger partial charge in [-0.15, -0.1) is 0 Å². The van der Waals surface area contributed by atoms with Crippen molar-refractivity contribution in [3.05, 3.63) is 41.8 Å². The van der Waals surface area contributed by atoms with E-state index < -0.39 is 6.17 Å². The molecule has 2 atom stereocenters. The van der Waals surface area contributed by atoms with E-state index >= 15 is 0 Å². The van der Waals surface area contributed by atoms with Crippen molar-refractivity contribution < 1.29 is 13.9 Å². The highest BCUT2D eigenvalue weighted by Gasteiger charge is 2.32. The lowest BCUT2D eigenvalue weighted by molar-refractivity contribution is 0.151. The number of nitrogens with zero attached hydrogens (tertiary/aromatic N) is 2. The quantitative estimate of drug-likeness (QED) is 0.940. The minimum atomic E-state index is -0.872. The number of hydrogen-bond acceptors (Lipinski definition) is 4. The van der Waals surface area contributed by atoms with Gasteiger partial charge in [-0.25, -0.2) is 9.37 Å². The molecule has 0 amide bonds. The Morgan fingerprint density at radius 3 is 2.86 bits per heavy atom. The third-order valence-corrected chi connectivity index (χ3v) is 3.95. The number of hydrogen-bond donors (Lipinski definition) is 1. The van der Waals surface area contributed by atoms with Crippen molar-refractivity contribution in [2.24, 2.45) is 0 Å². The first-order valence-electron chi connectivity index (χ1n) is 7.18. The molecule has 4 nitrogen and oxygen atoms in total. The van der Waals surface area contributed by atoms with Gasteiger partial charge in [0.25, 0.3) is 0 Å². The van der Waals surface area contributed by atoms with Crippen LogP contribution in [0.15, 0.2) is 34.7 Å². The van der Waals surface area contributed by atoms with Crippen LogP contribution in [0.25, 0.3) is 11.5 Å². The van der Waals surface area contributed by atoms with Gasteiger partial charge in [-0.1, -0.05) is 18.2 Å². The van der Waals surface area contributed by atoms with Crippen molar-refractivity contribution in [2.75, 3.05) is 13.2 Å². The van der Waals surface area contributed by atoms with Crippen LogP contribution in [0.5, 0.6) is 0 Å². The molecule has 0 spiro atoms. The van der Waals surface area contributed by atoms with Crippen molar-refractivity contribution in [1.82, 2.24) is 9.88 Å². The van der Waals surface area contributed by atoms with Gasteiger partial charge in [-0.05, 0) is 25.5 Å². The molecule has 0 unspecified atom stereocenters. The molecular weight excluding hydrogens is 271 g/mol. The lowest BCUT2D eigenvalue weighted by atomic mass is 10.2. The molecule has 0 aliphatic carbocycles. The van der Waals surface area contributed by atoms with Crippen LogP contribution in [-0.2, 0) is 6.54 Å². The molecule has 1 saturated heterocycles. The summed E-state index contributed by atoms with van der Waals surface area (Å²) in [5, 5.41) is 9.33. The van der Waals surface area contributed by atoms with Gasteiger partial charge in [0.15, 0.2) is 0 Å². The molecule has 0 saturated carbocycles.